The van der Waals surface area contributed by atoms with Gasteiger partial charge >= 0.3 is 0 Å². The second-order valence-electron chi connectivity index (χ2n) is 7.70. The molecular weight excluding hydrogens is 331 g/mol. The molecule has 0 amide bonds. The summed E-state index contributed by atoms with van der Waals surface area (Å²) in [6, 6.07) is 4.63. The third-order valence-electron chi connectivity index (χ3n) is 6.05. The van der Waals surface area contributed by atoms with Crippen molar-refractivity contribution in [3.63, 3.8) is 0 Å². The molecule has 2 heterocycles. The summed E-state index contributed by atoms with van der Waals surface area (Å²) in [6.45, 7) is 4.97. The first kappa shape index (κ1) is 17.5. The Hall–Kier alpha value is -1.88. The van der Waals surface area contributed by atoms with Gasteiger partial charge in [0.25, 0.3) is 0 Å². The van der Waals surface area contributed by atoms with Gasteiger partial charge in [-0.1, -0.05) is 19.3 Å². The molecule has 0 radical (unpaired) electrons. The average molecular weight is 358 g/mol. The number of methoxy groups -OCH3 is 1. The number of benzene rings is 1. The Morgan fingerprint density at radius 2 is 2.04 bits per heavy atom. The number of rotatable bonds is 4. The van der Waals surface area contributed by atoms with Gasteiger partial charge in [0.05, 0.1) is 18.4 Å². The van der Waals surface area contributed by atoms with Gasteiger partial charge in [-0.15, -0.1) is 0 Å². The van der Waals surface area contributed by atoms with Crippen molar-refractivity contribution in [3.05, 3.63) is 35.5 Å². The van der Waals surface area contributed by atoms with Crippen LogP contribution in [0.4, 0.5) is 4.39 Å². The molecule has 140 valence electrons. The molecule has 4 rings (SSSR count). The molecule has 2 aliphatic rings. The lowest BCUT2D eigenvalue weighted by molar-refractivity contribution is 0.0810. The minimum atomic E-state index is -0.346. The smallest absolute Gasteiger partial charge is 0.229 e. The van der Waals surface area contributed by atoms with Crippen LogP contribution in [0.1, 0.15) is 43.6 Å². The first-order valence-electron chi connectivity index (χ1n) is 9.66. The summed E-state index contributed by atoms with van der Waals surface area (Å²) in [5.74, 6) is 3.11. The maximum absolute atomic E-state index is 14.2. The fourth-order valence-electron chi connectivity index (χ4n) is 4.52. The van der Waals surface area contributed by atoms with Crippen molar-refractivity contribution in [2.24, 2.45) is 11.8 Å². The van der Waals surface area contributed by atoms with E-state index in [1.54, 1.807) is 19.2 Å². The SMILES string of the molecule is COc1ccc(F)c(-c2nc(CN3CC[C@@H]4CCCC[C@H]4C3)c(C)o2)c1. The zero-order valence-electron chi connectivity index (χ0n) is 15.6. The van der Waals surface area contributed by atoms with Crippen LogP contribution in [0.5, 0.6) is 5.75 Å². The number of fused-ring (bicyclic) bond motifs is 1. The molecule has 0 spiro atoms. The van der Waals surface area contributed by atoms with Crippen LogP contribution in [0.2, 0.25) is 0 Å². The molecule has 0 unspecified atom stereocenters. The van der Waals surface area contributed by atoms with Crippen molar-refractivity contribution in [2.75, 3.05) is 20.2 Å². The quantitative estimate of drug-likeness (QED) is 0.786. The Kier molecular flexibility index (Phi) is 4.98. The number of hydrogen-bond donors (Lipinski definition) is 0. The van der Waals surface area contributed by atoms with Crippen LogP contribution in [0.25, 0.3) is 11.5 Å². The molecule has 2 aromatic rings. The van der Waals surface area contributed by atoms with Crippen LogP contribution >= 0.6 is 0 Å². The van der Waals surface area contributed by atoms with Gasteiger partial charge in [-0.3, -0.25) is 4.90 Å². The van der Waals surface area contributed by atoms with E-state index in [1.165, 1.54) is 38.2 Å². The highest BCUT2D eigenvalue weighted by Crippen LogP contribution is 2.37. The predicted molar refractivity (Wildman–Crippen MR) is 98.5 cm³/mol. The van der Waals surface area contributed by atoms with E-state index >= 15 is 0 Å². The summed E-state index contributed by atoms with van der Waals surface area (Å²) in [5, 5.41) is 0. The summed E-state index contributed by atoms with van der Waals surface area (Å²) >= 11 is 0. The second kappa shape index (κ2) is 7.39. The van der Waals surface area contributed by atoms with Crippen molar-refractivity contribution in [2.45, 2.75) is 45.6 Å². The molecule has 4 nitrogen and oxygen atoms in total. The third-order valence-corrected chi connectivity index (χ3v) is 6.05. The molecule has 1 aliphatic carbocycles. The highest BCUT2D eigenvalue weighted by Gasteiger charge is 2.31. The monoisotopic (exact) mass is 358 g/mol. The van der Waals surface area contributed by atoms with Gasteiger partial charge in [-0.2, -0.15) is 0 Å². The van der Waals surface area contributed by atoms with E-state index in [2.05, 4.69) is 9.88 Å². The summed E-state index contributed by atoms with van der Waals surface area (Å²) in [6.07, 6.45) is 6.83. The number of piperidine rings is 1. The molecule has 1 aliphatic heterocycles. The number of aryl methyl sites for hydroxylation is 1. The summed E-state index contributed by atoms with van der Waals surface area (Å²) in [7, 11) is 1.57. The zero-order valence-corrected chi connectivity index (χ0v) is 15.6. The van der Waals surface area contributed by atoms with Crippen molar-refractivity contribution in [3.8, 4) is 17.2 Å². The lowest BCUT2D eigenvalue weighted by atomic mass is 9.75. The molecule has 2 fully saturated rings. The second-order valence-corrected chi connectivity index (χ2v) is 7.70. The summed E-state index contributed by atoms with van der Waals surface area (Å²) in [5.41, 5.74) is 1.26. The molecule has 1 aromatic carbocycles. The maximum atomic E-state index is 14.2. The number of oxazole rings is 1. The first-order valence-corrected chi connectivity index (χ1v) is 9.66. The van der Waals surface area contributed by atoms with E-state index in [0.29, 0.717) is 17.2 Å². The third kappa shape index (κ3) is 3.50. The van der Waals surface area contributed by atoms with Crippen LogP contribution < -0.4 is 4.74 Å². The minimum Gasteiger partial charge on any atom is -0.497 e. The van der Waals surface area contributed by atoms with Crippen molar-refractivity contribution in [1.29, 1.82) is 0 Å². The standard InChI is InChI=1S/C21H27FN2O2/c1-14-20(13-24-10-9-15-5-3-4-6-16(15)12-24)23-21(26-14)18-11-17(25-2)7-8-19(18)22/h7-8,11,15-16H,3-6,9-10,12-13H2,1-2H3/t15-,16-/m0/s1. The Morgan fingerprint density at radius 3 is 2.85 bits per heavy atom. The largest absolute Gasteiger partial charge is 0.497 e. The number of hydrogen-bond acceptors (Lipinski definition) is 4. The topological polar surface area (TPSA) is 38.5 Å². The molecule has 2 atom stereocenters. The molecule has 0 N–H and O–H groups in total. The van der Waals surface area contributed by atoms with Gasteiger partial charge in [0.1, 0.15) is 17.3 Å². The lowest BCUT2D eigenvalue weighted by Crippen LogP contribution is -2.41. The van der Waals surface area contributed by atoms with Gasteiger partial charge < -0.3 is 9.15 Å². The van der Waals surface area contributed by atoms with Crippen LogP contribution in [0.3, 0.4) is 0 Å². The molecular formula is C21H27FN2O2. The molecule has 1 saturated carbocycles. The fourth-order valence-corrected chi connectivity index (χ4v) is 4.52. The van der Waals surface area contributed by atoms with E-state index in [9.17, 15) is 4.39 Å². The first-order chi connectivity index (χ1) is 12.6. The van der Waals surface area contributed by atoms with Crippen molar-refractivity contribution < 1.29 is 13.5 Å². The van der Waals surface area contributed by atoms with E-state index in [-0.39, 0.29) is 5.82 Å². The molecule has 0 bridgehead atoms. The molecule has 1 saturated heterocycles. The maximum Gasteiger partial charge on any atom is 0.229 e. The van der Waals surface area contributed by atoms with Gasteiger partial charge in [-0.25, -0.2) is 9.37 Å². The summed E-state index contributed by atoms with van der Waals surface area (Å²) < 4.78 is 25.2. The minimum absolute atomic E-state index is 0.335. The Labute approximate surface area is 154 Å². The number of halogens is 1. The van der Waals surface area contributed by atoms with Gasteiger partial charge in [-0.05, 0) is 56.3 Å². The van der Waals surface area contributed by atoms with Gasteiger partial charge in [0.15, 0.2) is 0 Å². The van der Waals surface area contributed by atoms with Crippen LogP contribution in [-0.4, -0.2) is 30.1 Å². The Balaban J connectivity index is 1.50. The van der Waals surface area contributed by atoms with E-state index in [1.807, 2.05) is 6.92 Å². The van der Waals surface area contributed by atoms with Crippen LogP contribution in [0.15, 0.2) is 22.6 Å². The van der Waals surface area contributed by atoms with Crippen LogP contribution in [0, 0.1) is 24.6 Å². The molecule has 5 heteroatoms. The fraction of sp³-hybridized carbons (Fsp3) is 0.571. The number of aromatic nitrogens is 1. The normalized spacial score (nSPS) is 23.7. The van der Waals surface area contributed by atoms with E-state index < -0.39 is 0 Å². The van der Waals surface area contributed by atoms with Gasteiger partial charge in [0.2, 0.25) is 5.89 Å². The molecule has 1 aromatic heterocycles. The van der Waals surface area contributed by atoms with Crippen LogP contribution in [-0.2, 0) is 6.54 Å². The lowest BCUT2D eigenvalue weighted by Gasteiger charge is -2.41. The van der Waals surface area contributed by atoms with Crippen molar-refractivity contribution in [1.82, 2.24) is 9.88 Å². The van der Waals surface area contributed by atoms with Crippen molar-refractivity contribution >= 4 is 0 Å². The predicted octanol–water partition coefficient (Wildman–Crippen LogP) is 4.81. The Bertz CT molecular complexity index is 773. The number of likely N-dealkylation sites (tertiary alicyclic amines) is 1. The highest BCUT2D eigenvalue weighted by atomic mass is 19.1. The average Bonchev–Trinajstić information content (AvgIpc) is 3.02. The molecule has 26 heavy (non-hydrogen) atoms. The zero-order chi connectivity index (χ0) is 18.1. The highest BCUT2D eigenvalue weighted by molar-refractivity contribution is 5.57. The number of ether oxygens (including phenoxy) is 1. The number of nitrogens with zero attached hydrogens (tertiary/aromatic N) is 2. The Morgan fingerprint density at radius 1 is 1.23 bits per heavy atom. The van der Waals surface area contributed by atoms with E-state index in [4.69, 9.17) is 9.15 Å². The summed E-state index contributed by atoms with van der Waals surface area (Å²) in [4.78, 5) is 7.10. The van der Waals surface area contributed by atoms with Gasteiger partial charge in [0, 0.05) is 13.1 Å². The van der Waals surface area contributed by atoms with E-state index in [0.717, 1.165) is 42.9 Å².